The third-order valence-electron chi connectivity index (χ3n) is 4.01. The van der Waals surface area contributed by atoms with E-state index in [1.807, 2.05) is 63.2 Å². The lowest BCUT2D eigenvalue weighted by atomic mass is 10.1. The van der Waals surface area contributed by atoms with Crippen molar-refractivity contribution in [3.63, 3.8) is 0 Å². The summed E-state index contributed by atoms with van der Waals surface area (Å²) in [6.45, 7) is 7.76. The minimum atomic E-state index is -0.219. The molecule has 6 nitrogen and oxygen atoms in total. The van der Waals surface area contributed by atoms with E-state index in [-0.39, 0.29) is 18.4 Å². The Morgan fingerprint density at radius 2 is 1.63 bits per heavy atom. The summed E-state index contributed by atoms with van der Waals surface area (Å²) in [6.07, 6.45) is 0. The lowest BCUT2D eigenvalue weighted by Crippen LogP contribution is -2.34. The summed E-state index contributed by atoms with van der Waals surface area (Å²) in [5.74, 6) is 1.45. The molecule has 0 radical (unpaired) electrons. The number of urea groups is 1. The molecule has 0 bridgehead atoms. The van der Waals surface area contributed by atoms with E-state index in [0.717, 1.165) is 22.4 Å². The maximum absolute atomic E-state index is 12.1. The van der Waals surface area contributed by atoms with Crippen molar-refractivity contribution in [3.05, 3.63) is 59.2 Å². The van der Waals surface area contributed by atoms with Gasteiger partial charge in [-0.3, -0.25) is 0 Å². The van der Waals surface area contributed by atoms with Crippen LogP contribution in [0.1, 0.15) is 37.5 Å². The van der Waals surface area contributed by atoms with Crippen molar-refractivity contribution in [1.82, 2.24) is 10.6 Å². The number of hydrogen-bond acceptors (Lipinski definition) is 4. The number of hydrogen-bond donors (Lipinski definition) is 2. The van der Waals surface area contributed by atoms with Gasteiger partial charge in [0.2, 0.25) is 6.79 Å². The number of benzene rings is 2. The van der Waals surface area contributed by atoms with E-state index in [2.05, 4.69) is 10.6 Å². The normalized spacial score (nSPS) is 12.7. The Morgan fingerprint density at radius 1 is 0.963 bits per heavy atom. The van der Waals surface area contributed by atoms with Crippen molar-refractivity contribution in [3.8, 4) is 11.5 Å². The van der Waals surface area contributed by atoms with Gasteiger partial charge in [-0.2, -0.15) is 0 Å². The quantitative estimate of drug-likeness (QED) is 0.813. The number of rotatable bonds is 6. The van der Waals surface area contributed by atoms with E-state index in [4.69, 9.17) is 14.2 Å². The van der Waals surface area contributed by atoms with E-state index in [1.54, 1.807) is 0 Å². The van der Waals surface area contributed by atoms with E-state index in [9.17, 15) is 4.79 Å². The molecule has 1 heterocycles. The maximum atomic E-state index is 12.1. The fraction of sp³-hybridized carbons (Fsp3) is 0.381. The van der Waals surface area contributed by atoms with Crippen molar-refractivity contribution in [2.24, 2.45) is 0 Å². The van der Waals surface area contributed by atoms with Gasteiger partial charge in [0.15, 0.2) is 11.5 Å². The summed E-state index contributed by atoms with van der Waals surface area (Å²) in [5.41, 5.74) is 2.90. The van der Waals surface area contributed by atoms with Crippen LogP contribution in [0.15, 0.2) is 42.5 Å². The number of nitrogens with one attached hydrogen (secondary N) is 2. The zero-order valence-electron chi connectivity index (χ0n) is 16.0. The van der Waals surface area contributed by atoms with Crippen molar-refractivity contribution < 1.29 is 19.0 Å². The third-order valence-corrected chi connectivity index (χ3v) is 4.01. The van der Waals surface area contributed by atoms with Crippen molar-refractivity contribution >= 4 is 6.03 Å². The van der Waals surface area contributed by atoms with Crippen LogP contribution in [-0.2, 0) is 24.4 Å². The van der Waals surface area contributed by atoms with Gasteiger partial charge in [-0.25, -0.2) is 4.79 Å². The molecule has 27 heavy (non-hydrogen) atoms. The fourth-order valence-corrected chi connectivity index (χ4v) is 2.61. The highest BCUT2D eigenvalue weighted by Gasteiger charge is 2.13. The van der Waals surface area contributed by atoms with E-state index in [1.165, 1.54) is 0 Å². The molecule has 0 aromatic heterocycles. The molecule has 2 N–H and O–H groups in total. The van der Waals surface area contributed by atoms with Gasteiger partial charge in [0.1, 0.15) is 0 Å². The van der Waals surface area contributed by atoms with Crippen LogP contribution in [0, 0.1) is 0 Å². The second-order valence-electron chi connectivity index (χ2n) is 7.44. The van der Waals surface area contributed by atoms with Gasteiger partial charge in [0.25, 0.3) is 0 Å². The zero-order chi connectivity index (χ0) is 19.3. The lowest BCUT2D eigenvalue weighted by molar-refractivity contribution is -0.0149. The predicted octanol–water partition coefficient (Wildman–Crippen LogP) is 3.73. The third kappa shape index (κ3) is 5.89. The largest absolute Gasteiger partial charge is 0.454 e. The molecule has 1 aliphatic rings. The molecule has 0 atom stereocenters. The molecule has 3 rings (SSSR count). The van der Waals surface area contributed by atoms with Gasteiger partial charge in [0.05, 0.1) is 12.2 Å². The van der Waals surface area contributed by atoms with Gasteiger partial charge < -0.3 is 24.8 Å². The highest BCUT2D eigenvalue weighted by Crippen LogP contribution is 2.32. The number of amides is 2. The molecule has 2 aromatic carbocycles. The molecular weight excluding hydrogens is 344 g/mol. The number of fused-ring (bicyclic) bond motifs is 1. The predicted molar refractivity (Wildman–Crippen MR) is 103 cm³/mol. The van der Waals surface area contributed by atoms with Crippen LogP contribution in [0.5, 0.6) is 11.5 Å². The van der Waals surface area contributed by atoms with Gasteiger partial charge in [-0.1, -0.05) is 30.3 Å². The molecule has 0 saturated heterocycles. The number of carbonyl (C=O) groups excluding carboxylic acids is 1. The Kier molecular flexibility index (Phi) is 5.86. The lowest BCUT2D eigenvalue weighted by Gasteiger charge is -2.19. The first-order chi connectivity index (χ1) is 12.9. The SMILES string of the molecule is CC(C)(C)OCc1cccc(CNC(=O)NCc2ccc3c(c2)OCO3)c1. The highest BCUT2D eigenvalue weighted by molar-refractivity contribution is 5.73. The summed E-state index contributed by atoms with van der Waals surface area (Å²) in [4.78, 5) is 12.1. The first-order valence-corrected chi connectivity index (χ1v) is 9.01. The van der Waals surface area contributed by atoms with Gasteiger partial charge in [0, 0.05) is 13.1 Å². The van der Waals surface area contributed by atoms with Crippen molar-refractivity contribution in [2.45, 2.75) is 46.1 Å². The van der Waals surface area contributed by atoms with Gasteiger partial charge >= 0.3 is 6.03 Å². The first kappa shape index (κ1) is 19.0. The molecule has 0 spiro atoms. The Morgan fingerprint density at radius 3 is 2.37 bits per heavy atom. The molecule has 0 aliphatic carbocycles. The first-order valence-electron chi connectivity index (χ1n) is 9.01. The van der Waals surface area contributed by atoms with Crippen LogP contribution in [0.2, 0.25) is 0 Å². The average molecular weight is 370 g/mol. The van der Waals surface area contributed by atoms with Crippen LogP contribution in [0.3, 0.4) is 0 Å². The number of carbonyl (C=O) groups is 1. The number of ether oxygens (including phenoxy) is 3. The Bertz CT molecular complexity index is 799. The second-order valence-corrected chi connectivity index (χ2v) is 7.44. The van der Waals surface area contributed by atoms with E-state index >= 15 is 0 Å². The average Bonchev–Trinajstić information content (AvgIpc) is 3.10. The van der Waals surface area contributed by atoms with Crippen LogP contribution >= 0.6 is 0 Å². The molecule has 2 amide bonds. The molecule has 0 saturated carbocycles. The second kappa shape index (κ2) is 8.31. The Hall–Kier alpha value is -2.73. The van der Waals surface area contributed by atoms with Gasteiger partial charge in [-0.05, 0) is 49.6 Å². The van der Waals surface area contributed by atoms with Crippen LogP contribution in [0.25, 0.3) is 0 Å². The molecule has 144 valence electrons. The summed E-state index contributed by atoms with van der Waals surface area (Å²) < 4.78 is 16.4. The fourth-order valence-electron chi connectivity index (χ4n) is 2.61. The van der Waals surface area contributed by atoms with E-state index < -0.39 is 0 Å². The van der Waals surface area contributed by atoms with Gasteiger partial charge in [-0.15, -0.1) is 0 Å². The maximum Gasteiger partial charge on any atom is 0.315 e. The Balaban J connectivity index is 1.45. The zero-order valence-corrected chi connectivity index (χ0v) is 16.0. The standard InChI is InChI=1S/C21H26N2O4/c1-21(2,3)27-13-17-6-4-5-15(9-17)11-22-20(24)23-12-16-7-8-18-19(10-16)26-14-25-18/h4-10H,11-14H2,1-3H3,(H2,22,23,24). The summed E-state index contributed by atoms with van der Waals surface area (Å²) >= 11 is 0. The molecule has 1 aliphatic heterocycles. The van der Waals surface area contributed by atoms with E-state index in [0.29, 0.717) is 25.4 Å². The molecular formula is C21H26N2O4. The Labute approximate surface area is 159 Å². The smallest absolute Gasteiger partial charge is 0.315 e. The molecule has 0 unspecified atom stereocenters. The summed E-state index contributed by atoms with van der Waals surface area (Å²) in [6, 6.07) is 13.4. The summed E-state index contributed by atoms with van der Waals surface area (Å²) in [5, 5.41) is 5.72. The summed E-state index contributed by atoms with van der Waals surface area (Å²) in [7, 11) is 0. The van der Waals surface area contributed by atoms with Crippen LogP contribution in [-0.4, -0.2) is 18.4 Å². The minimum Gasteiger partial charge on any atom is -0.454 e. The highest BCUT2D eigenvalue weighted by atomic mass is 16.7. The van der Waals surface area contributed by atoms with Crippen molar-refractivity contribution in [1.29, 1.82) is 0 Å². The molecule has 2 aromatic rings. The van der Waals surface area contributed by atoms with Crippen molar-refractivity contribution in [2.75, 3.05) is 6.79 Å². The minimum absolute atomic E-state index is 0.178. The molecule has 0 fully saturated rings. The monoisotopic (exact) mass is 370 g/mol. The molecule has 6 heteroatoms. The topological polar surface area (TPSA) is 68.8 Å². The van der Waals surface area contributed by atoms with Crippen LogP contribution in [0.4, 0.5) is 4.79 Å². The van der Waals surface area contributed by atoms with Crippen LogP contribution < -0.4 is 20.1 Å².